The summed E-state index contributed by atoms with van der Waals surface area (Å²) in [6, 6.07) is 8.74. The maximum Gasteiger partial charge on any atom is 0.0741 e. The van der Waals surface area contributed by atoms with Gasteiger partial charge in [-0.2, -0.15) is 0 Å². The quantitative estimate of drug-likeness (QED) is 0.846. The van der Waals surface area contributed by atoms with Crippen LogP contribution in [0.25, 0.3) is 0 Å². The zero-order valence-corrected chi connectivity index (χ0v) is 12.4. The molecule has 0 aliphatic rings. The van der Waals surface area contributed by atoms with Gasteiger partial charge in [0.15, 0.2) is 0 Å². The molecule has 2 nitrogen and oxygen atoms in total. The van der Waals surface area contributed by atoms with Crippen molar-refractivity contribution < 1.29 is 5.11 Å². The second kappa shape index (κ2) is 6.53. The Bertz CT molecular complexity index is 335. The van der Waals surface area contributed by atoms with Crippen LogP contribution in [0.1, 0.15) is 32.8 Å². The molecule has 96 valence electrons. The first-order valence-corrected chi connectivity index (χ1v) is 6.92. The number of nitrogens with one attached hydrogen (secondary N) is 1. The van der Waals surface area contributed by atoms with E-state index < -0.39 is 5.60 Å². The van der Waals surface area contributed by atoms with Crippen molar-refractivity contribution in [2.45, 2.75) is 45.3 Å². The van der Waals surface area contributed by atoms with E-state index in [4.69, 9.17) is 0 Å². The minimum atomic E-state index is -0.603. The molecule has 2 N–H and O–H groups in total. The molecule has 1 aromatic carbocycles. The monoisotopic (exact) mass is 299 g/mol. The highest BCUT2D eigenvalue weighted by molar-refractivity contribution is 9.10. The van der Waals surface area contributed by atoms with E-state index >= 15 is 0 Å². The molecular formula is C14H22BrNO. The minimum Gasteiger partial charge on any atom is -0.389 e. The standard InChI is InChI=1S/C14H22BrNO/c1-4-14(3,17)10-16-11(2)9-12-5-7-13(15)8-6-12/h5-8,11,16-17H,4,9-10H2,1-3H3. The summed E-state index contributed by atoms with van der Waals surface area (Å²) in [5, 5.41) is 13.3. The average Bonchev–Trinajstić information content (AvgIpc) is 2.30. The van der Waals surface area contributed by atoms with E-state index in [2.05, 4.69) is 52.4 Å². The lowest BCUT2D eigenvalue weighted by molar-refractivity contribution is 0.0534. The largest absolute Gasteiger partial charge is 0.389 e. The fourth-order valence-corrected chi connectivity index (χ4v) is 1.83. The summed E-state index contributed by atoms with van der Waals surface area (Å²) >= 11 is 3.43. The van der Waals surface area contributed by atoms with Gasteiger partial charge in [0.05, 0.1) is 5.60 Å². The summed E-state index contributed by atoms with van der Waals surface area (Å²) in [6.45, 7) is 6.66. The van der Waals surface area contributed by atoms with Gasteiger partial charge in [0.2, 0.25) is 0 Å². The Balaban J connectivity index is 2.39. The van der Waals surface area contributed by atoms with E-state index in [0.717, 1.165) is 17.3 Å². The summed E-state index contributed by atoms with van der Waals surface area (Å²) in [6.07, 6.45) is 1.75. The number of halogens is 1. The normalized spacial score (nSPS) is 16.5. The molecule has 0 saturated heterocycles. The van der Waals surface area contributed by atoms with Crippen molar-refractivity contribution >= 4 is 15.9 Å². The SMILES string of the molecule is CCC(C)(O)CNC(C)Cc1ccc(Br)cc1. The first-order valence-electron chi connectivity index (χ1n) is 6.13. The third-order valence-electron chi connectivity index (χ3n) is 3.05. The van der Waals surface area contributed by atoms with E-state index in [-0.39, 0.29) is 0 Å². The van der Waals surface area contributed by atoms with Gasteiger partial charge in [0.25, 0.3) is 0 Å². The van der Waals surface area contributed by atoms with Gasteiger partial charge in [-0.15, -0.1) is 0 Å². The van der Waals surface area contributed by atoms with Gasteiger partial charge in [0.1, 0.15) is 0 Å². The average molecular weight is 300 g/mol. The molecule has 0 aliphatic carbocycles. The van der Waals surface area contributed by atoms with E-state index in [9.17, 15) is 5.11 Å². The summed E-state index contributed by atoms with van der Waals surface area (Å²) in [7, 11) is 0. The van der Waals surface area contributed by atoms with Crippen LogP contribution < -0.4 is 5.32 Å². The van der Waals surface area contributed by atoms with Crippen LogP contribution >= 0.6 is 15.9 Å². The first-order chi connectivity index (χ1) is 7.93. The topological polar surface area (TPSA) is 32.3 Å². The Morgan fingerprint density at radius 3 is 2.47 bits per heavy atom. The molecule has 0 saturated carbocycles. The fraction of sp³-hybridized carbons (Fsp3) is 0.571. The maximum atomic E-state index is 9.91. The number of hydrogen-bond acceptors (Lipinski definition) is 2. The van der Waals surface area contributed by atoms with Crippen LogP contribution in [0.5, 0.6) is 0 Å². The lowest BCUT2D eigenvalue weighted by Gasteiger charge is -2.24. The molecule has 2 atom stereocenters. The molecule has 3 heteroatoms. The van der Waals surface area contributed by atoms with Gasteiger partial charge in [-0.1, -0.05) is 35.0 Å². The van der Waals surface area contributed by atoms with Crippen molar-refractivity contribution in [3.05, 3.63) is 34.3 Å². The summed E-state index contributed by atoms with van der Waals surface area (Å²) < 4.78 is 1.11. The van der Waals surface area contributed by atoms with Gasteiger partial charge in [0, 0.05) is 17.1 Å². The number of hydrogen-bond donors (Lipinski definition) is 2. The molecule has 0 fully saturated rings. The molecule has 0 radical (unpaired) electrons. The van der Waals surface area contributed by atoms with E-state index in [1.54, 1.807) is 0 Å². The molecule has 2 unspecified atom stereocenters. The zero-order chi connectivity index (χ0) is 12.9. The molecule has 0 aromatic heterocycles. The highest BCUT2D eigenvalue weighted by Crippen LogP contribution is 2.12. The van der Waals surface area contributed by atoms with Crippen molar-refractivity contribution in [1.82, 2.24) is 5.32 Å². The number of aliphatic hydroxyl groups is 1. The van der Waals surface area contributed by atoms with Crippen molar-refractivity contribution in [3.8, 4) is 0 Å². The van der Waals surface area contributed by atoms with Crippen LogP contribution in [0.15, 0.2) is 28.7 Å². The molecule has 0 bridgehead atoms. The predicted octanol–water partition coefficient (Wildman–Crippen LogP) is 3.13. The van der Waals surface area contributed by atoms with Gasteiger partial charge >= 0.3 is 0 Å². The Kier molecular flexibility index (Phi) is 5.63. The molecule has 0 amide bonds. The third-order valence-corrected chi connectivity index (χ3v) is 3.58. The number of benzene rings is 1. The Morgan fingerprint density at radius 2 is 1.94 bits per heavy atom. The van der Waals surface area contributed by atoms with Crippen LogP contribution in [0.4, 0.5) is 0 Å². The first kappa shape index (κ1) is 14.7. The smallest absolute Gasteiger partial charge is 0.0741 e. The van der Waals surface area contributed by atoms with Crippen LogP contribution in [-0.4, -0.2) is 23.3 Å². The Morgan fingerprint density at radius 1 is 1.35 bits per heavy atom. The summed E-state index contributed by atoms with van der Waals surface area (Å²) in [5.74, 6) is 0. The zero-order valence-electron chi connectivity index (χ0n) is 10.8. The molecule has 0 aliphatic heterocycles. The number of rotatable bonds is 6. The minimum absolute atomic E-state index is 0.370. The van der Waals surface area contributed by atoms with E-state index in [0.29, 0.717) is 12.6 Å². The van der Waals surface area contributed by atoms with Crippen molar-refractivity contribution in [1.29, 1.82) is 0 Å². The fourth-order valence-electron chi connectivity index (χ4n) is 1.57. The van der Waals surface area contributed by atoms with Crippen LogP contribution in [0, 0.1) is 0 Å². The van der Waals surface area contributed by atoms with E-state index in [1.165, 1.54) is 5.56 Å². The highest BCUT2D eigenvalue weighted by atomic mass is 79.9. The molecule has 17 heavy (non-hydrogen) atoms. The molecule has 1 rings (SSSR count). The van der Waals surface area contributed by atoms with E-state index in [1.807, 2.05) is 13.8 Å². The van der Waals surface area contributed by atoms with Crippen molar-refractivity contribution in [2.24, 2.45) is 0 Å². The Labute approximate surface area is 113 Å². The molecule has 0 spiro atoms. The lowest BCUT2D eigenvalue weighted by atomic mass is 10.0. The lowest BCUT2D eigenvalue weighted by Crippen LogP contribution is -2.41. The van der Waals surface area contributed by atoms with Crippen molar-refractivity contribution in [3.63, 3.8) is 0 Å². The maximum absolute atomic E-state index is 9.91. The molecule has 1 aromatic rings. The van der Waals surface area contributed by atoms with Crippen molar-refractivity contribution in [2.75, 3.05) is 6.54 Å². The predicted molar refractivity (Wildman–Crippen MR) is 76.2 cm³/mol. The Hall–Kier alpha value is -0.380. The van der Waals surface area contributed by atoms with Crippen LogP contribution in [0.3, 0.4) is 0 Å². The second-order valence-corrected chi connectivity index (χ2v) is 5.88. The van der Waals surface area contributed by atoms with Gasteiger partial charge in [-0.05, 0) is 44.4 Å². The van der Waals surface area contributed by atoms with Crippen LogP contribution in [-0.2, 0) is 6.42 Å². The second-order valence-electron chi connectivity index (χ2n) is 4.96. The molecule has 0 heterocycles. The third kappa shape index (κ3) is 5.66. The summed E-state index contributed by atoms with van der Waals surface area (Å²) in [4.78, 5) is 0. The summed E-state index contributed by atoms with van der Waals surface area (Å²) in [5.41, 5.74) is 0.706. The highest BCUT2D eigenvalue weighted by Gasteiger charge is 2.17. The van der Waals surface area contributed by atoms with Gasteiger partial charge in [-0.3, -0.25) is 0 Å². The van der Waals surface area contributed by atoms with Gasteiger partial charge in [-0.25, -0.2) is 0 Å². The van der Waals surface area contributed by atoms with Crippen LogP contribution in [0.2, 0.25) is 0 Å². The van der Waals surface area contributed by atoms with Gasteiger partial charge < -0.3 is 10.4 Å². The molecular weight excluding hydrogens is 278 g/mol.